The average molecular weight is 173 g/mol. The van der Waals surface area contributed by atoms with Gasteiger partial charge in [-0.25, -0.2) is 0 Å². The molecule has 0 unspecified atom stereocenters. The molecule has 0 aromatic rings. The van der Waals surface area contributed by atoms with Crippen LogP contribution in [0.1, 0.15) is 0 Å². The van der Waals surface area contributed by atoms with Gasteiger partial charge < -0.3 is 10.2 Å². The van der Waals surface area contributed by atoms with Gasteiger partial charge in [0, 0.05) is 0 Å². The number of aliphatic hydroxyl groups excluding tert-OH is 2. The van der Waals surface area contributed by atoms with Crippen molar-refractivity contribution >= 4 is 43.6 Å². The summed E-state index contributed by atoms with van der Waals surface area (Å²) < 4.78 is 0. The zero-order valence-electron chi connectivity index (χ0n) is 3.77. The topological polar surface area (TPSA) is 40.5 Å². The summed E-state index contributed by atoms with van der Waals surface area (Å²) in [6, 6.07) is 0. The van der Waals surface area contributed by atoms with Crippen molar-refractivity contribution in [2.45, 2.75) is 0 Å². The Morgan fingerprint density at radius 1 is 1.14 bits per heavy atom. The van der Waals surface area contributed by atoms with Gasteiger partial charge in [-0.15, -0.1) is 0 Å². The van der Waals surface area contributed by atoms with Crippen LogP contribution in [0.3, 0.4) is 0 Å². The Morgan fingerprint density at radius 2 is 1.29 bits per heavy atom. The monoisotopic (exact) mass is 172 g/mol. The molecule has 0 aromatic heterocycles. The maximum atomic E-state index is 7.62. The van der Waals surface area contributed by atoms with E-state index in [1.165, 1.54) is 0 Å². The number of rotatable bonds is 1. The minimum atomic E-state index is -0.931. The molecule has 7 heavy (non-hydrogen) atoms. The van der Waals surface area contributed by atoms with Crippen molar-refractivity contribution in [1.29, 1.82) is 0 Å². The van der Waals surface area contributed by atoms with Gasteiger partial charge in [0.15, 0.2) is 0 Å². The van der Waals surface area contributed by atoms with Crippen molar-refractivity contribution in [2.75, 3.05) is 13.2 Å². The first-order valence-electron chi connectivity index (χ1n) is 1.67. The minimum absolute atomic E-state index is 0.125. The molecule has 0 rings (SSSR count). The van der Waals surface area contributed by atoms with Crippen LogP contribution >= 0.6 is 12.8 Å². The molecule has 5 heteroatoms. The summed E-state index contributed by atoms with van der Waals surface area (Å²) in [5, 5.41) is 15.2. The first-order chi connectivity index (χ1) is 3.33. The molecule has 0 aliphatic carbocycles. The molecule has 0 amide bonds. The second-order valence-electron chi connectivity index (χ2n) is 0.548. The quantitative estimate of drug-likeness (QED) is 0.546. The van der Waals surface area contributed by atoms with Crippen molar-refractivity contribution in [2.24, 2.45) is 0 Å². The van der Waals surface area contributed by atoms with Gasteiger partial charge in [0.25, 0.3) is 0 Å². The van der Waals surface area contributed by atoms with E-state index in [2.05, 4.69) is 0 Å². The van der Waals surface area contributed by atoms with Gasteiger partial charge in [-0.3, -0.25) is 0 Å². The third-order valence-electron chi connectivity index (χ3n) is 0.1000. The van der Waals surface area contributed by atoms with Crippen molar-refractivity contribution < 1.29 is 10.2 Å². The Balaban J connectivity index is 0. The van der Waals surface area contributed by atoms with Gasteiger partial charge in [0.05, 0.1) is 13.2 Å². The number of hydrogen-bond donors (Lipinski definition) is 2. The van der Waals surface area contributed by atoms with Gasteiger partial charge in [0.1, 0.15) is 0 Å². The molecular weight excluding hydrogens is 167 g/mol. The Labute approximate surface area is 66.2 Å². The molecule has 0 aliphatic rings. The summed E-state index contributed by atoms with van der Waals surface area (Å²) in [5.74, 6) is 0. The Kier molecular flexibility index (Phi) is 25.8. The van der Waals surface area contributed by atoms with Gasteiger partial charge in [-0.1, -0.05) is 0 Å². The summed E-state index contributed by atoms with van der Waals surface area (Å²) in [4.78, 5) is 0. The SMILES string of the molecule is OCCO.[Cl][Ca][Cl]. The van der Waals surface area contributed by atoms with Crippen molar-refractivity contribution in [3.63, 3.8) is 0 Å². The molecule has 0 radical (unpaired) electrons. The fourth-order valence-electron chi connectivity index (χ4n) is 0. The molecule has 0 bridgehead atoms. The zero-order chi connectivity index (χ0) is 6.12. The van der Waals surface area contributed by atoms with E-state index in [-0.39, 0.29) is 13.2 Å². The number of aliphatic hydroxyl groups is 2. The van der Waals surface area contributed by atoms with Crippen LogP contribution in [-0.2, 0) is 0 Å². The van der Waals surface area contributed by atoms with Crippen LogP contribution in [-0.4, -0.2) is 54.3 Å². The fourth-order valence-corrected chi connectivity index (χ4v) is 0. The van der Waals surface area contributed by atoms with E-state index in [0.717, 1.165) is 0 Å². The van der Waals surface area contributed by atoms with Gasteiger partial charge in [0.2, 0.25) is 0 Å². The molecule has 0 heterocycles. The molecular formula is C2H6CaCl2O2. The van der Waals surface area contributed by atoms with Crippen LogP contribution in [0.25, 0.3) is 0 Å². The predicted molar refractivity (Wildman–Crippen MR) is 31.6 cm³/mol. The molecule has 0 atom stereocenters. The standard InChI is InChI=1S/C2H6O2.Ca.2ClH/c3-1-2-4;;;/h3-4H,1-2H2;;2*1H/q;+2;;/p-2. The molecule has 0 spiro atoms. The van der Waals surface area contributed by atoms with E-state index in [4.69, 9.17) is 23.0 Å². The first kappa shape index (κ1) is 11.5. The predicted octanol–water partition coefficient (Wildman–Crippen LogP) is -0.0308. The van der Waals surface area contributed by atoms with Gasteiger partial charge in [-0.2, -0.15) is 0 Å². The Hall–Kier alpha value is 1.76. The van der Waals surface area contributed by atoms with Crippen LogP contribution in [0.5, 0.6) is 0 Å². The number of hydrogen-bond acceptors (Lipinski definition) is 2. The molecule has 2 nitrogen and oxygen atoms in total. The molecule has 0 fully saturated rings. The van der Waals surface area contributed by atoms with Crippen LogP contribution in [0.4, 0.5) is 0 Å². The summed E-state index contributed by atoms with van der Waals surface area (Å²) in [7, 11) is 0. The third-order valence-corrected chi connectivity index (χ3v) is 0.1000. The first-order valence-corrected chi connectivity index (χ1v) is 7.74. The Morgan fingerprint density at radius 3 is 1.29 bits per heavy atom. The van der Waals surface area contributed by atoms with E-state index in [9.17, 15) is 0 Å². The van der Waals surface area contributed by atoms with E-state index < -0.39 is 30.8 Å². The summed E-state index contributed by atoms with van der Waals surface area (Å²) in [6.45, 7) is -0.250. The van der Waals surface area contributed by atoms with E-state index in [0.29, 0.717) is 0 Å². The molecule has 0 saturated heterocycles. The van der Waals surface area contributed by atoms with E-state index >= 15 is 0 Å². The summed E-state index contributed by atoms with van der Waals surface area (Å²) >= 11 is -0.931. The van der Waals surface area contributed by atoms with Crippen molar-refractivity contribution in [3.8, 4) is 0 Å². The van der Waals surface area contributed by atoms with Crippen LogP contribution in [0.2, 0.25) is 0 Å². The molecule has 0 aromatic carbocycles. The summed E-state index contributed by atoms with van der Waals surface area (Å²) in [6.07, 6.45) is 9.90. The molecule has 0 saturated carbocycles. The average Bonchev–Trinajstić information content (AvgIpc) is 1.69. The molecule has 42 valence electrons. The van der Waals surface area contributed by atoms with E-state index in [1.807, 2.05) is 0 Å². The maximum absolute atomic E-state index is 7.62. The Bertz CT molecular complexity index is 21.2. The van der Waals surface area contributed by atoms with Gasteiger partial charge in [-0.05, 0) is 0 Å². The van der Waals surface area contributed by atoms with Gasteiger partial charge >= 0.3 is 43.6 Å². The van der Waals surface area contributed by atoms with Crippen molar-refractivity contribution in [1.82, 2.24) is 0 Å². The summed E-state index contributed by atoms with van der Waals surface area (Å²) in [5.41, 5.74) is 0. The zero-order valence-corrected chi connectivity index (χ0v) is 7.49. The fraction of sp³-hybridized carbons (Fsp3) is 1.00. The van der Waals surface area contributed by atoms with Crippen LogP contribution in [0.15, 0.2) is 0 Å². The molecule has 2 N–H and O–H groups in total. The van der Waals surface area contributed by atoms with Crippen LogP contribution < -0.4 is 0 Å². The molecule has 0 aliphatic heterocycles. The van der Waals surface area contributed by atoms with Crippen LogP contribution in [0, 0.1) is 0 Å². The van der Waals surface area contributed by atoms with Crippen molar-refractivity contribution in [3.05, 3.63) is 0 Å². The third kappa shape index (κ3) is 33.8. The number of halogens is 2. The van der Waals surface area contributed by atoms with E-state index in [1.54, 1.807) is 0 Å². The second kappa shape index (κ2) is 15.7. The normalized spacial score (nSPS) is 5.71. The second-order valence-corrected chi connectivity index (χ2v) is 4.20.